The van der Waals surface area contributed by atoms with Crippen molar-refractivity contribution in [1.82, 2.24) is 5.43 Å². The Bertz CT molecular complexity index is 587. The van der Waals surface area contributed by atoms with Crippen LogP contribution in [0.1, 0.15) is 38.2 Å². The van der Waals surface area contributed by atoms with Crippen LogP contribution >= 0.6 is 12.2 Å². The molecule has 2 N–H and O–H groups in total. The predicted octanol–water partition coefficient (Wildman–Crippen LogP) is 4.05. The van der Waals surface area contributed by atoms with E-state index in [1.165, 1.54) is 11.3 Å². The summed E-state index contributed by atoms with van der Waals surface area (Å²) < 4.78 is 0. The maximum Gasteiger partial charge on any atom is 0.191 e. The van der Waals surface area contributed by atoms with Crippen molar-refractivity contribution < 1.29 is 0 Å². The summed E-state index contributed by atoms with van der Waals surface area (Å²) in [5.74, 6) is 1.88. The molecule has 0 aliphatic heterocycles. The topological polar surface area (TPSA) is 36.4 Å². The van der Waals surface area contributed by atoms with E-state index in [4.69, 9.17) is 12.2 Å². The molecule has 2 aliphatic carbocycles. The van der Waals surface area contributed by atoms with E-state index in [9.17, 15) is 0 Å². The number of fused-ring (bicyclic) bond motifs is 1. The lowest BCUT2D eigenvalue weighted by Crippen LogP contribution is -2.36. The molecule has 0 unspecified atom stereocenters. The number of rotatable bonds is 3. The smallest absolute Gasteiger partial charge is 0.191 e. The van der Waals surface area contributed by atoms with Crippen molar-refractivity contribution in [3.63, 3.8) is 0 Å². The average molecular weight is 299 g/mol. The van der Waals surface area contributed by atoms with E-state index in [-0.39, 0.29) is 0 Å². The summed E-state index contributed by atoms with van der Waals surface area (Å²) in [5.41, 5.74) is 6.52. The third kappa shape index (κ3) is 3.16. The Morgan fingerprint density at radius 2 is 2.05 bits per heavy atom. The van der Waals surface area contributed by atoms with Crippen molar-refractivity contribution in [3.8, 4) is 0 Å². The van der Waals surface area contributed by atoms with Gasteiger partial charge in [-0.2, -0.15) is 5.10 Å². The van der Waals surface area contributed by atoms with Crippen LogP contribution in [-0.2, 0) is 0 Å². The SMILES string of the molecule is CC(C)c1ccc(NC(=S)N/N=C2/C[C@@H]3C=CC[C@H]23)cc1. The zero-order chi connectivity index (χ0) is 14.8. The molecule has 3 nitrogen and oxygen atoms in total. The van der Waals surface area contributed by atoms with Gasteiger partial charge in [-0.3, -0.25) is 5.43 Å². The van der Waals surface area contributed by atoms with Crippen molar-refractivity contribution in [1.29, 1.82) is 0 Å². The van der Waals surface area contributed by atoms with E-state index in [1.54, 1.807) is 0 Å². The van der Waals surface area contributed by atoms with Crippen molar-refractivity contribution in [3.05, 3.63) is 42.0 Å². The van der Waals surface area contributed by atoms with Gasteiger partial charge in [0.25, 0.3) is 0 Å². The van der Waals surface area contributed by atoms with Gasteiger partial charge in [0.2, 0.25) is 0 Å². The third-order valence-corrected chi connectivity index (χ3v) is 4.49. The van der Waals surface area contributed by atoms with Crippen LogP contribution in [0.3, 0.4) is 0 Å². The first-order chi connectivity index (χ1) is 10.1. The fourth-order valence-electron chi connectivity index (χ4n) is 2.90. The molecule has 0 spiro atoms. The van der Waals surface area contributed by atoms with Crippen LogP contribution in [0.15, 0.2) is 41.5 Å². The predicted molar refractivity (Wildman–Crippen MR) is 92.7 cm³/mol. The van der Waals surface area contributed by atoms with E-state index in [0.717, 1.165) is 24.4 Å². The van der Waals surface area contributed by atoms with E-state index in [0.29, 0.717) is 16.9 Å². The highest BCUT2D eigenvalue weighted by Gasteiger charge is 2.37. The van der Waals surface area contributed by atoms with Gasteiger partial charge in [0.1, 0.15) is 0 Å². The van der Waals surface area contributed by atoms with Crippen molar-refractivity contribution >= 4 is 28.7 Å². The molecular formula is C17H21N3S. The standard InChI is InChI=1S/C17H21N3S/c1-11(2)12-6-8-14(9-7-12)18-17(21)20-19-16-10-13-4-3-5-15(13)16/h3-4,6-9,11,13,15H,5,10H2,1-2H3,(H2,18,20,21)/b19-16-/t13-,15-/m0/s1. The number of hydrogen-bond acceptors (Lipinski definition) is 2. The molecule has 1 saturated carbocycles. The van der Waals surface area contributed by atoms with Gasteiger partial charge in [-0.05, 0) is 54.6 Å². The molecule has 1 aromatic rings. The van der Waals surface area contributed by atoms with Gasteiger partial charge in [-0.25, -0.2) is 0 Å². The summed E-state index contributed by atoms with van der Waals surface area (Å²) in [6.07, 6.45) is 6.75. The number of benzene rings is 1. The van der Waals surface area contributed by atoms with Gasteiger partial charge in [-0.1, -0.05) is 38.1 Å². The largest absolute Gasteiger partial charge is 0.331 e. The second kappa shape index (κ2) is 5.98. The van der Waals surface area contributed by atoms with Crippen LogP contribution in [0.5, 0.6) is 0 Å². The molecule has 2 aliphatic rings. The van der Waals surface area contributed by atoms with E-state index >= 15 is 0 Å². The molecule has 1 aromatic carbocycles. The summed E-state index contributed by atoms with van der Waals surface area (Å²) in [6.45, 7) is 4.38. The first-order valence-electron chi connectivity index (χ1n) is 7.53. The zero-order valence-electron chi connectivity index (χ0n) is 12.5. The molecule has 4 heteroatoms. The van der Waals surface area contributed by atoms with Crippen LogP contribution in [0, 0.1) is 11.8 Å². The number of thiocarbonyl (C=S) groups is 1. The molecule has 110 valence electrons. The number of allylic oxidation sites excluding steroid dienone is 2. The second-order valence-electron chi connectivity index (χ2n) is 6.08. The number of nitrogens with zero attached hydrogens (tertiary/aromatic N) is 1. The lowest BCUT2D eigenvalue weighted by molar-refractivity contribution is 0.463. The Labute approximate surface area is 131 Å². The molecule has 1 fully saturated rings. The van der Waals surface area contributed by atoms with Gasteiger partial charge in [0, 0.05) is 17.3 Å². The highest BCUT2D eigenvalue weighted by Crippen LogP contribution is 2.40. The van der Waals surface area contributed by atoms with Crippen molar-refractivity contribution in [2.45, 2.75) is 32.6 Å². The minimum Gasteiger partial charge on any atom is -0.331 e. The van der Waals surface area contributed by atoms with Crippen LogP contribution in [-0.4, -0.2) is 10.8 Å². The molecule has 2 atom stereocenters. The van der Waals surface area contributed by atoms with Crippen LogP contribution in [0.2, 0.25) is 0 Å². The lowest BCUT2D eigenvalue weighted by atomic mass is 9.74. The van der Waals surface area contributed by atoms with Crippen LogP contribution < -0.4 is 10.7 Å². The quantitative estimate of drug-likeness (QED) is 0.502. The maximum absolute atomic E-state index is 5.29. The minimum absolute atomic E-state index is 0.544. The molecule has 21 heavy (non-hydrogen) atoms. The summed E-state index contributed by atoms with van der Waals surface area (Å²) >= 11 is 5.29. The lowest BCUT2D eigenvalue weighted by Gasteiger charge is -2.31. The molecule has 0 heterocycles. The summed E-state index contributed by atoms with van der Waals surface area (Å²) in [5, 5.41) is 8.16. The highest BCUT2D eigenvalue weighted by molar-refractivity contribution is 7.80. The Kier molecular flexibility index (Phi) is 4.06. The van der Waals surface area contributed by atoms with E-state index in [1.807, 2.05) is 0 Å². The zero-order valence-corrected chi connectivity index (χ0v) is 13.3. The molecule has 0 amide bonds. The van der Waals surface area contributed by atoms with Gasteiger partial charge >= 0.3 is 0 Å². The first-order valence-corrected chi connectivity index (χ1v) is 7.94. The molecule has 0 saturated heterocycles. The van der Waals surface area contributed by atoms with Crippen LogP contribution in [0.4, 0.5) is 5.69 Å². The molecule has 3 rings (SSSR count). The van der Waals surface area contributed by atoms with E-state index in [2.05, 4.69) is 66.1 Å². The highest BCUT2D eigenvalue weighted by atomic mass is 32.1. The van der Waals surface area contributed by atoms with Gasteiger partial charge < -0.3 is 5.32 Å². The Balaban J connectivity index is 1.51. The summed E-state index contributed by atoms with van der Waals surface area (Å²) in [4.78, 5) is 0. The fourth-order valence-corrected chi connectivity index (χ4v) is 3.06. The van der Waals surface area contributed by atoms with Gasteiger partial charge in [-0.15, -0.1) is 0 Å². The maximum atomic E-state index is 5.29. The number of anilines is 1. The monoisotopic (exact) mass is 299 g/mol. The normalized spacial score (nSPS) is 24.8. The molecule has 0 aromatic heterocycles. The number of nitrogens with one attached hydrogen (secondary N) is 2. The van der Waals surface area contributed by atoms with Crippen molar-refractivity contribution in [2.24, 2.45) is 16.9 Å². The Morgan fingerprint density at radius 1 is 1.29 bits per heavy atom. The minimum atomic E-state index is 0.544. The molecule has 0 bridgehead atoms. The fraction of sp³-hybridized carbons (Fsp3) is 0.412. The Hall–Kier alpha value is -1.68. The van der Waals surface area contributed by atoms with Gasteiger partial charge in [0.15, 0.2) is 5.11 Å². The Morgan fingerprint density at radius 3 is 2.71 bits per heavy atom. The van der Waals surface area contributed by atoms with Crippen LogP contribution in [0.25, 0.3) is 0 Å². The number of hydrogen-bond donors (Lipinski definition) is 2. The summed E-state index contributed by atoms with van der Waals surface area (Å²) in [7, 11) is 0. The first kappa shape index (κ1) is 14.3. The summed E-state index contributed by atoms with van der Waals surface area (Å²) in [6, 6.07) is 8.36. The molecular weight excluding hydrogens is 278 g/mol. The third-order valence-electron chi connectivity index (χ3n) is 4.30. The van der Waals surface area contributed by atoms with Gasteiger partial charge in [0.05, 0.1) is 0 Å². The van der Waals surface area contributed by atoms with E-state index < -0.39 is 0 Å². The molecule has 0 radical (unpaired) electrons. The average Bonchev–Trinajstić information content (AvgIpc) is 2.81. The number of hydrazone groups is 1. The van der Waals surface area contributed by atoms with Crippen molar-refractivity contribution in [2.75, 3.05) is 5.32 Å². The second-order valence-corrected chi connectivity index (χ2v) is 6.49.